The molecule has 1 aromatic heterocycles. The van der Waals surface area contributed by atoms with E-state index < -0.39 is 0 Å². The summed E-state index contributed by atoms with van der Waals surface area (Å²) in [6, 6.07) is 12.2. The van der Waals surface area contributed by atoms with E-state index in [1.807, 2.05) is 29.6 Å². The van der Waals surface area contributed by atoms with Crippen LogP contribution < -0.4 is 0 Å². The third-order valence-electron chi connectivity index (χ3n) is 2.89. The molecule has 0 aliphatic rings. The minimum absolute atomic E-state index is 0.214. The molecule has 1 heterocycles. The third kappa shape index (κ3) is 4.44. The van der Waals surface area contributed by atoms with Crippen LogP contribution in [-0.2, 0) is 22.6 Å². The van der Waals surface area contributed by atoms with E-state index in [0.717, 1.165) is 17.6 Å². The second-order valence-corrected chi connectivity index (χ2v) is 6.25. The molecule has 0 fully saturated rings. The molecule has 3 nitrogen and oxygen atoms in total. The van der Waals surface area contributed by atoms with Crippen molar-refractivity contribution in [1.82, 2.24) is 4.90 Å². The Morgan fingerprint density at radius 2 is 2.00 bits per heavy atom. The Kier molecular flexibility index (Phi) is 5.76. The molecule has 2 rings (SSSR count). The smallest absolute Gasteiger partial charge is 0.319 e. The third-order valence-corrected chi connectivity index (χ3v) is 4.80. The lowest BCUT2D eigenvalue weighted by Crippen LogP contribution is -2.29. The zero-order chi connectivity index (χ0) is 14.4. The van der Waals surface area contributed by atoms with Gasteiger partial charge in [-0.2, -0.15) is 0 Å². The lowest BCUT2D eigenvalue weighted by molar-refractivity contribution is -0.142. The molecule has 1 aromatic carbocycles. The standard InChI is InChI=1S/C15H16BrNO2S/c1-19-15(18)11-17(9-12-5-3-2-4-6-12)10-14-13(16)7-8-20-14/h2-8H,9-11H2,1H3. The van der Waals surface area contributed by atoms with Gasteiger partial charge in [0.05, 0.1) is 13.7 Å². The van der Waals surface area contributed by atoms with E-state index in [1.165, 1.54) is 17.6 Å². The van der Waals surface area contributed by atoms with Gasteiger partial charge in [0.2, 0.25) is 0 Å². The first kappa shape index (κ1) is 15.2. The molecule has 0 spiro atoms. The van der Waals surface area contributed by atoms with Crippen molar-refractivity contribution in [2.75, 3.05) is 13.7 Å². The Balaban J connectivity index is 2.08. The number of rotatable bonds is 6. The first-order valence-electron chi connectivity index (χ1n) is 6.24. The number of carbonyl (C=O) groups is 1. The SMILES string of the molecule is COC(=O)CN(Cc1ccccc1)Cc1sccc1Br. The van der Waals surface area contributed by atoms with Crippen LogP contribution in [0.1, 0.15) is 10.4 Å². The number of esters is 1. The maximum atomic E-state index is 11.6. The largest absolute Gasteiger partial charge is 0.468 e. The molecule has 0 atom stereocenters. The molecule has 0 N–H and O–H groups in total. The van der Waals surface area contributed by atoms with E-state index >= 15 is 0 Å². The number of ether oxygens (including phenoxy) is 1. The molecule has 0 radical (unpaired) electrons. The maximum absolute atomic E-state index is 11.6. The van der Waals surface area contributed by atoms with Crippen LogP contribution in [0.4, 0.5) is 0 Å². The van der Waals surface area contributed by atoms with Crippen LogP contribution in [-0.4, -0.2) is 24.5 Å². The lowest BCUT2D eigenvalue weighted by Gasteiger charge is -2.20. The van der Waals surface area contributed by atoms with Crippen molar-refractivity contribution in [3.05, 3.63) is 56.7 Å². The van der Waals surface area contributed by atoms with Gasteiger partial charge in [0.15, 0.2) is 0 Å². The Labute approximate surface area is 131 Å². The predicted octanol–water partition coefficient (Wildman–Crippen LogP) is 3.69. The minimum Gasteiger partial charge on any atom is -0.468 e. The number of hydrogen-bond donors (Lipinski definition) is 0. The van der Waals surface area contributed by atoms with Crippen LogP contribution in [0.3, 0.4) is 0 Å². The van der Waals surface area contributed by atoms with Crippen molar-refractivity contribution in [1.29, 1.82) is 0 Å². The Morgan fingerprint density at radius 3 is 2.60 bits per heavy atom. The van der Waals surface area contributed by atoms with Gasteiger partial charge in [0.1, 0.15) is 0 Å². The summed E-state index contributed by atoms with van der Waals surface area (Å²) >= 11 is 5.21. The van der Waals surface area contributed by atoms with Crippen molar-refractivity contribution in [3.8, 4) is 0 Å². The molecule has 0 bridgehead atoms. The molecule has 2 aromatic rings. The first-order valence-corrected chi connectivity index (χ1v) is 7.91. The number of halogens is 1. The number of thiophene rings is 1. The minimum atomic E-state index is -0.214. The number of benzene rings is 1. The maximum Gasteiger partial charge on any atom is 0.319 e. The highest BCUT2D eigenvalue weighted by molar-refractivity contribution is 9.10. The zero-order valence-corrected chi connectivity index (χ0v) is 13.6. The molecule has 5 heteroatoms. The van der Waals surface area contributed by atoms with Crippen LogP contribution in [0, 0.1) is 0 Å². The highest BCUT2D eigenvalue weighted by Crippen LogP contribution is 2.24. The van der Waals surface area contributed by atoms with Gasteiger partial charge in [-0.25, -0.2) is 0 Å². The summed E-state index contributed by atoms with van der Waals surface area (Å²) in [7, 11) is 1.42. The van der Waals surface area contributed by atoms with Gasteiger partial charge >= 0.3 is 5.97 Å². The summed E-state index contributed by atoms with van der Waals surface area (Å²) < 4.78 is 5.87. The van der Waals surface area contributed by atoms with Gasteiger partial charge in [-0.15, -0.1) is 11.3 Å². The van der Waals surface area contributed by atoms with E-state index in [4.69, 9.17) is 4.74 Å². The summed E-state index contributed by atoms with van der Waals surface area (Å²) in [5.41, 5.74) is 1.18. The van der Waals surface area contributed by atoms with E-state index in [2.05, 4.69) is 33.0 Å². The summed E-state index contributed by atoms with van der Waals surface area (Å²) in [6.07, 6.45) is 0. The molecule has 0 unspecified atom stereocenters. The molecule has 0 aliphatic heterocycles. The fraction of sp³-hybridized carbons (Fsp3) is 0.267. The number of nitrogens with zero attached hydrogens (tertiary/aromatic N) is 1. The summed E-state index contributed by atoms with van der Waals surface area (Å²) in [5, 5.41) is 2.04. The van der Waals surface area contributed by atoms with Gasteiger partial charge in [-0.1, -0.05) is 30.3 Å². The van der Waals surface area contributed by atoms with Crippen LogP contribution in [0.2, 0.25) is 0 Å². The van der Waals surface area contributed by atoms with Gasteiger partial charge < -0.3 is 4.74 Å². The van der Waals surface area contributed by atoms with Gasteiger partial charge in [0.25, 0.3) is 0 Å². The van der Waals surface area contributed by atoms with Crippen LogP contribution in [0.15, 0.2) is 46.3 Å². The van der Waals surface area contributed by atoms with Crippen molar-refractivity contribution in [2.45, 2.75) is 13.1 Å². The van der Waals surface area contributed by atoms with Crippen LogP contribution >= 0.6 is 27.3 Å². The molecule has 106 valence electrons. The van der Waals surface area contributed by atoms with Gasteiger partial charge in [-0.05, 0) is 32.9 Å². The Hall–Kier alpha value is -1.17. The number of methoxy groups -OCH3 is 1. The van der Waals surface area contributed by atoms with E-state index in [1.54, 1.807) is 11.3 Å². The van der Waals surface area contributed by atoms with E-state index in [0.29, 0.717) is 0 Å². The average molecular weight is 354 g/mol. The first-order chi connectivity index (χ1) is 9.69. The molecule has 0 amide bonds. The van der Waals surface area contributed by atoms with Crippen molar-refractivity contribution in [2.24, 2.45) is 0 Å². The molecule has 0 saturated carbocycles. The monoisotopic (exact) mass is 353 g/mol. The Morgan fingerprint density at radius 1 is 1.25 bits per heavy atom. The normalized spacial score (nSPS) is 10.8. The quantitative estimate of drug-likeness (QED) is 0.741. The lowest BCUT2D eigenvalue weighted by atomic mass is 10.2. The van der Waals surface area contributed by atoms with E-state index in [-0.39, 0.29) is 12.5 Å². The average Bonchev–Trinajstić information content (AvgIpc) is 2.85. The molecular weight excluding hydrogens is 338 g/mol. The molecule has 0 aliphatic carbocycles. The van der Waals surface area contributed by atoms with Crippen molar-refractivity contribution in [3.63, 3.8) is 0 Å². The van der Waals surface area contributed by atoms with Gasteiger partial charge in [0, 0.05) is 22.4 Å². The van der Waals surface area contributed by atoms with Crippen LogP contribution in [0.5, 0.6) is 0 Å². The molecule has 20 heavy (non-hydrogen) atoms. The fourth-order valence-electron chi connectivity index (χ4n) is 1.90. The topological polar surface area (TPSA) is 29.5 Å². The Bertz CT molecular complexity index is 556. The summed E-state index contributed by atoms with van der Waals surface area (Å²) in [4.78, 5) is 14.8. The molecular formula is C15H16BrNO2S. The second-order valence-electron chi connectivity index (χ2n) is 4.40. The van der Waals surface area contributed by atoms with E-state index in [9.17, 15) is 4.79 Å². The van der Waals surface area contributed by atoms with Crippen molar-refractivity contribution < 1.29 is 9.53 Å². The highest BCUT2D eigenvalue weighted by atomic mass is 79.9. The summed E-state index contributed by atoms with van der Waals surface area (Å²) in [5.74, 6) is -0.214. The van der Waals surface area contributed by atoms with Crippen LogP contribution in [0.25, 0.3) is 0 Å². The number of hydrogen-bond acceptors (Lipinski definition) is 4. The number of carbonyl (C=O) groups excluding carboxylic acids is 1. The summed E-state index contributed by atoms with van der Waals surface area (Å²) in [6.45, 7) is 1.73. The second kappa shape index (κ2) is 7.57. The molecule has 0 saturated heterocycles. The highest BCUT2D eigenvalue weighted by Gasteiger charge is 2.14. The van der Waals surface area contributed by atoms with Gasteiger partial charge in [-0.3, -0.25) is 9.69 Å². The fourth-order valence-corrected chi connectivity index (χ4v) is 3.42. The van der Waals surface area contributed by atoms with Crippen molar-refractivity contribution >= 4 is 33.2 Å². The predicted molar refractivity (Wildman–Crippen MR) is 84.6 cm³/mol. The zero-order valence-electron chi connectivity index (χ0n) is 11.2.